The number of carboxylic acid groups (broad SMARTS) is 1. The Morgan fingerprint density at radius 2 is 1.91 bits per heavy atom. The highest BCUT2D eigenvalue weighted by molar-refractivity contribution is 5.86. The Morgan fingerprint density at radius 3 is 2.60 bits per heavy atom. The molecule has 0 amide bonds. The number of nitrogens with zero attached hydrogens (tertiary/aromatic N) is 1. The van der Waals surface area contributed by atoms with E-state index in [4.69, 9.17) is 18.9 Å². The van der Waals surface area contributed by atoms with Crippen LogP contribution in [0.25, 0.3) is 22.2 Å². The van der Waals surface area contributed by atoms with Crippen LogP contribution in [0.2, 0.25) is 0 Å². The summed E-state index contributed by atoms with van der Waals surface area (Å²) in [6, 6.07) is 14.5. The summed E-state index contributed by atoms with van der Waals surface area (Å²) >= 11 is 0. The fourth-order valence-electron chi connectivity index (χ4n) is 5.08. The third-order valence-electron chi connectivity index (χ3n) is 7.17. The van der Waals surface area contributed by atoms with Gasteiger partial charge in [-0.25, -0.2) is 9.78 Å². The summed E-state index contributed by atoms with van der Waals surface area (Å²) in [7, 11) is 1.74. The number of benzene rings is 2. The molecule has 0 bridgehead atoms. The number of rotatable bonds is 9. The molecule has 35 heavy (non-hydrogen) atoms. The van der Waals surface area contributed by atoms with Crippen LogP contribution < -0.4 is 0 Å². The van der Waals surface area contributed by atoms with E-state index >= 15 is 0 Å². The molecule has 2 aromatic carbocycles. The Hall–Kier alpha value is -2.70. The number of ether oxygens (including phenoxy) is 2. The molecule has 1 heterocycles. The first-order valence-corrected chi connectivity index (χ1v) is 12.6. The van der Waals surface area contributed by atoms with Crippen LogP contribution in [0.3, 0.4) is 0 Å². The summed E-state index contributed by atoms with van der Waals surface area (Å²) in [5, 5.41) is 11.7. The van der Waals surface area contributed by atoms with E-state index in [0.29, 0.717) is 18.4 Å². The van der Waals surface area contributed by atoms with Gasteiger partial charge in [0.25, 0.3) is 0 Å². The highest BCUT2D eigenvalue weighted by Gasteiger charge is 2.36. The first kappa shape index (κ1) is 25.4. The maximum absolute atomic E-state index is 11.4. The minimum Gasteiger partial charge on any atom is -0.479 e. The molecule has 3 aromatic rings. The van der Waals surface area contributed by atoms with Crippen molar-refractivity contribution in [1.29, 1.82) is 0 Å². The summed E-state index contributed by atoms with van der Waals surface area (Å²) in [4.78, 5) is 16.4. The van der Waals surface area contributed by atoms with Crippen LogP contribution in [-0.4, -0.2) is 35.4 Å². The van der Waals surface area contributed by atoms with Crippen molar-refractivity contribution in [3.05, 3.63) is 53.9 Å². The zero-order valence-corrected chi connectivity index (χ0v) is 21.4. The summed E-state index contributed by atoms with van der Waals surface area (Å²) < 4.78 is 18.2. The molecule has 0 aliphatic heterocycles. The number of methoxy groups -OCH3 is 1. The van der Waals surface area contributed by atoms with Gasteiger partial charge in [-0.05, 0) is 67.9 Å². The summed E-state index contributed by atoms with van der Waals surface area (Å²) in [5.41, 5.74) is 0.653. The van der Waals surface area contributed by atoms with Gasteiger partial charge in [0.05, 0.1) is 6.61 Å². The molecule has 188 valence electrons. The van der Waals surface area contributed by atoms with E-state index in [1.807, 2.05) is 12.1 Å². The molecule has 0 spiro atoms. The summed E-state index contributed by atoms with van der Waals surface area (Å²) in [6.07, 6.45) is 3.84. The van der Waals surface area contributed by atoms with Gasteiger partial charge in [-0.15, -0.1) is 0 Å². The number of oxazole rings is 1. The molecule has 6 nitrogen and oxygen atoms in total. The van der Waals surface area contributed by atoms with Gasteiger partial charge in [0.15, 0.2) is 5.60 Å². The van der Waals surface area contributed by atoms with E-state index in [9.17, 15) is 9.90 Å². The first-order valence-electron chi connectivity index (χ1n) is 12.6. The van der Waals surface area contributed by atoms with Gasteiger partial charge in [-0.3, -0.25) is 0 Å². The predicted molar refractivity (Wildman–Crippen MR) is 136 cm³/mol. The minimum absolute atomic E-state index is 0.170. The largest absolute Gasteiger partial charge is 0.479 e. The maximum Gasteiger partial charge on any atom is 0.335 e. The van der Waals surface area contributed by atoms with E-state index in [0.717, 1.165) is 48.1 Å². The van der Waals surface area contributed by atoms with E-state index < -0.39 is 11.6 Å². The number of carbonyl (C=O) groups is 1. The SMILES string of the molecule is COC(c1nc(-c2ccc3ccccc3c2)oc1C(C)C)[C@H]1CCC[C@@H](COC(C)(C)C(=O)O)C1. The lowest BCUT2D eigenvalue weighted by Gasteiger charge is -2.34. The van der Waals surface area contributed by atoms with E-state index in [1.165, 1.54) is 5.39 Å². The first-order chi connectivity index (χ1) is 16.7. The molecule has 0 radical (unpaired) electrons. The van der Waals surface area contributed by atoms with Crippen LogP contribution in [0.15, 0.2) is 46.9 Å². The molecule has 1 aromatic heterocycles. The van der Waals surface area contributed by atoms with E-state index in [-0.39, 0.29) is 17.9 Å². The molecule has 1 N–H and O–H groups in total. The van der Waals surface area contributed by atoms with Gasteiger partial charge in [0, 0.05) is 18.6 Å². The Morgan fingerprint density at radius 1 is 1.17 bits per heavy atom. The molecule has 1 aliphatic carbocycles. The van der Waals surface area contributed by atoms with Gasteiger partial charge < -0.3 is 19.0 Å². The number of hydrogen-bond acceptors (Lipinski definition) is 5. The third-order valence-corrected chi connectivity index (χ3v) is 7.17. The second kappa shape index (κ2) is 10.5. The van der Waals surface area contributed by atoms with Crippen molar-refractivity contribution in [2.24, 2.45) is 11.8 Å². The fraction of sp³-hybridized carbons (Fsp3) is 0.517. The maximum atomic E-state index is 11.4. The number of aromatic nitrogens is 1. The van der Waals surface area contributed by atoms with E-state index in [2.05, 4.69) is 44.2 Å². The van der Waals surface area contributed by atoms with Crippen molar-refractivity contribution in [2.45, 2.75) is 71.0 Å². The summed E-state index contributed by atoms with van der Waals surface area (Å²) in [6.45, 7) is 7.88. The second-order valence-electron chi connectivity index (χ2n) is 10.6. The zero-order chi connectivity index (χ0) is 25.2. The fourth-order valence-corrected chi connectivity index (χ4v) is 5.08. The quantitative estimate of drug-likeness (QED) is 0.356. The average Bonchev–Trinajstić information content (AvgIpc) is 3.29. The molecule has 3 atom stereocenters. The number of aliphatic carboxylic acids is 1. The highest BCUT2D eigenvalue weighted by atomic mass is 16.5. The van der Waals surface area contributed by atoms with Crippen molar-refractivity contribution in [2.75, 3.05) is 13.7 Å². The van der Waals surface area contributed by atoms with Crippen LogP contribution in [0.1, 0.15) is 76.9 Å². The highest BCUT2D eigenvalue weighted by Crippen LogP contribution is 2.42. The molecule has 6 heteroatoms. The van der Waals surface area contributed by atoms with Crippen molar-refractivity contribution < 1.29 is 23.8 Å². The Balaban J connectivity index is 1.58. The molecular weight excluding hydrogens is 442 g/mol. The smallest absolute Gasteiger partial charge is 0.335 e. The lowest BCUT2D eigenvalue weighted by atomic mass is 9.77. The van der Waals surface area contributed by atoms with Crippen LogP contribution in [0, 0.1) is 11.8 Å². The monoisotopic (exact) mass is 479 g/mol. The van der Waals surface area contributed by atoms with Gasteiger partial charge in [0.2, 0.25) is 5.89 Å². The lowest BCUT2D eigenvalue weighted by molar-refractivity contribution is -0.163. The number of carboxylic acids is 1. The lowest BCUT2D eigenvalue weighted by Crippen LogP contribution is -2.37. The topological polar surface area (TPSA) is 81.8 Å². The van der Waals surface area contributed by atoms with Gasteiger partial charge in [0.1, 0.15) is 17.6 Å². The zero-order valence-electron chi connectivity index (χ0n) is 21.4. The minimum atomic E-state index is -1.18. The van der Waals surface area contributed by atoms with Crippen molar-refractivity contribution in [1.82, 2.24) is 4.98 Å². The Bertz CT molecular complexity index is 1160. The molecular formula is C29H37NO5. The normalized spacial score (nSPS) is 19.8. The number of fused-ring (bicyclic) bond motifs is 1. The Kier molecular flexibility index (Phi) is 7.62. The predicted octanol–water partition coefficient (Wildman–Crippen LogP) is 6.99. The average molecular weight is 480 g/mol. The second-order valence-corrected chi connectivity index (χ2v) is 10.6. The molecule has 1 unspecified atom stereocenters. The molecule has 0 saturated heterocycles. The van der Waals surface area contributed by atoms with E-state index in [1.54, 1.807) is 21.0 Å². The Labute approximate surface area is 207 Å². The molecule has 1 saturated carbocycles. The third kappa shape index (κ3) is 5.60. The van der Waals surface area contributed by atoms with Crippen LogP contribution in [0.5, 0.6) is 0 Å². The van der Waals surface area contributed by atoms with Crippen molar-refractivity contribution >= 4 is 16.7 Å². The van der Waals surface area contributed by atoms with Crippen LogP contribution in [-0.2, 0) is 14.3 Å². The molecule has 1 aliphatic rings. The molecule has 1 fully saturated rings. The summed E-state index contributed by atoms with van der Waals surface area (Å²) in [5.74, 6) is 1.27. The van der Waals surface area contributed by atoms with Gasteiger partial charge in [-0.2, -0.15) is 0 Å². The van der Waals surface area contributed by atoms with Gasteiger partial charge >= 0.3 is 5.97 Å². The van der Waals surface area contributed by atoms with Crippen LogP contribution in [0.4, 0.5) is 0 Å². The van der Waals surface area contributed by atoms with Gasteiger partial charge in [-0.1, -0.05) is 50.6 Å². The molecule has 4 rings (SSSR count). The van der Waals surface area contributed by atoms with Crippen LogP contribution >= 0.6 is 0 Å². The van der Waals surface area contributed by atoms with Crippen molar-refractivity contribution in [3.63, 3.8) is 0 Å². The van der Waals surface area contributed by atoms with Crippen molar-refractivity contribution in [3.8, 4) is 11.5 Å². The standard InChI is InChI=1S/C29H37NO5/c1-18(2)25-24(30-27(35-25)23-14-13-20-10-6-7-11-21(20)16-23)26(33-5)22-12-8-9-19(15-22)17-34-29(3,4)28(31)32/h6-7,10-11,13-14,16,18-19,22,26H,8-9,12,15,17H2,1-5H3,(H,31,32)/t19-,22+,26?/m1/s1. The number of hydrogen-bond donors (Lipinski definition) is 1.